The molecule has 0 fully saturated rings. The summed E-state index contributed by atoms with van der Waals surface area (Å²) in [5.74, 6) is 2.75. The number of nitrogens with one attached hydrogen (secondary N) is 1. The zero-order chi connectivity index (χ0) is 14.1. The van der Waals surface area contributed by atoms with E-state index in [1.807, 2.05) is 42.5 Å². The summed E-state index contributed by atoms with van der Waals surface area (Å²) in [5, 5.41) is 2.24. The van der Waals surface area contributed by atoms with Crippen LogP contribution < -0.4 is 4.74 Å². The van der Waals surface area contributed by atoms with Gasteiger partial charge >= 0.3 is 0 Å². The number of benzene rings is 2. The molecule has 1 N–H and O–H groups in total. The molecule has 3 aromatic rings. The topological polar surface area (TPSA) is 37.4 Å². The van der Waals surface area contributed by atoms with E-state index in [-0.39, 0.29) is 0 Å². The van der Waals surface area contributed by atoms with Crippen LogP contribution in [0.25, 0.3) is 10.9 Å². The minimum Gasteiger partial charge on any atom is -0.455 e. The molecule has 0 amide bonds. The fourth-order valence-electron chi connectivity index (χ4n) is 2.44. The van der Waals surface area contributed by atoms with Crippen molar-refractivity contribution in [3.63, 3.8) is 0 Å². The predicted molar refractivity (Wildman–Crippen MR) is 88.7 cm³/mol. The van der Waals surface area contributed by atoms with Crippen LogP contribution in [0.1, 0.15) is 5.69 Å². The Labute approximate surface area is 127 Å². The molecule has 0 aliphatic carbocycles. The molecule has 3 nitrogen and oxygen atoms in total. The molecule has 4 rings (SSSR count). The molecule has 1 aliphatic heterocycles. The smallest absolute Gasteiger partial charge is 0.151 e. The lowest BCUT2D eigenvalue weighted by molar-refractivity contribution is 0.487. The van der Waals surface area contributed by atoms with Crippen LogP contribution in [0.4, 0.5) is 0 Å². The maximum atomic E-state index is 5.99. The Morgan fingerprint density at radius 1 is 1.05 bits per heavy atom. The molecule has 1 aliphatic rings. The molecule has 0 saturated heterocycles. The first-order valence-electron chi connectivity index (χ1n) is 6.92. The maximum Gasteiger partial charge on any atom is 0.151 e. The van der Waals surface area contributed by atoms with Gasteiger partial charge in [-0.1, -0.05) is 30.3 Å². The van der Waals surface area contributed by atoms with Crippen molar-refractivity contribution in [3.8, 4) is 11.5 Å². The highest BCUT2D eigenvalue weighted by atomic mass is 32.2. The number of hydrogen-bond acceptors (Lipinski definition) is 3. The largest absolute Gasteiger partial charge is 0.455 e. The summed E-state index contributed by atoms with van der Waals surface area (Å²) in [4.78, 5) is 7.97. The van der Waals surface area contributed by atoms with Gasteiger partial charge in [-0.05, 0) is 24.3 Å². The average Bonchev–Trinajstić information content (AvgIpc) is 3.18. The van der Waals surface area contributed by atoms with E-state index in [2.05, 4.69) is 22.1 Å². The minimum atomic E-state index is 0.841. The number of thioether (sulfide) groups is 1. The predicted octanol–water partition coefficient (Wildman–Crippen LogP) is 4.45. The van der Waals surface area contributed by atoms with Crippen LogP contribution in [0.3, 0.4) is 0 Å². The fourth-order valence-corrected chi connectivity index (χ4v) is 3.27. The van der Waals surface area contributed by atoms with Crippen molar-refractivity contribution in [1.82, 2.24) is 4.98 Å². The lowest BCUT2D eigenvalue weighted by atomic mass is 10.2. The number of H-pyrrole nitrogens is 1. The minimum absolute atomic E-state index is 0.841. The Bertz CT molecular complexity index is 808. The monoisotopic (exact) mass is 294 g/mol. The van der Waals surface area contributed by atoms with Crippen LogP contribution in [-0.2, 0) is 0 Å². The van der Waals surface area contributed by atoms with E-state index in [9.17, 15) is 0 Å². The molecule has 0 unspecified atom stereocenters. The molecule has 104 valence electrons. The van der Waals surface area contributed by atoms with E-state index in [4.69, 9.17) is 4.74 Å². The number of rotatable bonds is 3. The second-order valence-electron chi connectivity index (χ2n) is 4.85. The number of hydrogen-bond donors (Lipinski definition) is 1. The quantitative estimate of drug-likeness (QED) is 0.774. The highest BCUT2D eigenvalue weighted by Crippen LogP contribution is 2.31. The summed E-state index contributed by atoms with van der Waals surface area (Å²) in [7, 11) is 0. The molecule has 0 bridgehead atoms. The lowest BCUT2D eigenvalue weighted by Gasteiger charge is -2.06. The van der Waals surface area contributed by atoms with Crippen LogP contribution in [0, 0.1) is 0 Å². The van der Waals surface area contributed by atoms with Gasteiger partial charge in [0.1, 0.15) is 10.8 Å². The number of ether oxygens (including phenoxy) is 1. The third-order valence-corrected chi connectivity index (χ3v) is 4.41. The normalized spacial score (nSPS) is 14.4. The Kier molecular flexibility index (Phi) is 3.16. The first kappa shape index (κ1) is 12.5. The van der Waals surface area contributed by atoms with E-state index >= 15 is 0 Å². The van der Waals surface area contributed by atoms with Gasteiger partial charge in [0.25, 0.3) is 0 Å². The molecule has 0 atom stereocenters. The van der Waals surface area contributed by atoms with Gasteiger partial charge in [0, 0.05) is 17.7 Å². The summed E-state index contributed by atoms with van der Waals surface area (Å²) < 4.78 is 5.99. The van der Waals surface area contributed by atoms with Gasteiger partial charge in [-0.3, -0.25) is 4.99 Å². The highest BCUT2D eigenvalue weighted by Gasteiger charge is 2.14. The van der Waals surface area contributed by atoms with Gasteiger partial charge in [0.15, 0.2) is 5.75 Å². The molecule has 0 spiro atoms. The lowest BCUT2D eigenvalue weighted by Crippen LogP contribution is -1.91. The van der Waals surface area contributed by atoms with E-state index in [0.29, 0.717) is 0 Å². The zero-order valence-corrected chi connectivity index (χ0v) is 12.2. The summed E-state index contributed by atoms with van der Waals surface area (Å²) >= 11 is 1.80. The van der Waals surface area contributed by atoms with Crippen molar-refractivity contribution >= 4 is 27.7 Å². The third kappa shape index (κ3) is 2.43. The van der Waals surface area contributed by atoms with Gasteiger partial charge in [-0.15, -0.1) is 11.8 Å². The van der Waals surface area contributed by atoms with Crippen molar-refractivity contribution in [2.45, 2.75) is 0 Å². The van der Waals surface area contributed by atoms with Gasteiger partial charge in [0.2, 0.25) is 0 Å². The van der Waals surface area contributed by atoms with Crippen molar-refractivity contribution in [3.05, 3.63) is 60.3 Å². The zero-order valence-electron chi connectivity index (χ0n) is 11.4. The second kappa shape index (κ2) is 5.30. The molecular weight excluding hydrogens is 280 g/mol. The van der Waals surface area contributed by atoms with Crippen molar-refractivity contribution in [2.24, 2.45) is 4.99 Å². The summed E-state index contributed by atoms with van der Waals surface area (Å²) in [5.41, 5.74) is 2.10. The van der Waals surface area contributed by atoms with Crippen LogP contribution in [0.5, 0.6) is 11.5 Å². The van der Waals surface area contributed by atoms with Crippen LogP contribution in [0.2, 0.25) is 0 Å². The molecule has 2 heterocycles. The number of fused-ring (bicyclic) bond motifs is 1. The van der Waals surface area contributed by atoms with E-state index in [0.717, 1.165) is 45.4 Å². The standard InChI is InChI=1S/C17H14N2OS/c1-2-6-13(7-3-1)20-15-8-4-5-12-11-14(19-16(12)15)17-18-9-10-21-17/h1-8,11,19H,9-10H2. The molecule has 0 saturated carbocycles. The maximum absolute atomic E-state index is 5.99. The SMILES string of the molecule is c1ccc(Oc2cccc3cc(C4=NCCS4)[nH]c23)cc1. The molecular formula is C17H14N2OS. The van der Waals surface area contributed by atoms with Crippen LogP contribution >= 0.6 is 11.8 Å². The Hall–Kier alpha value is -2.20. The van der Waals surface area contributed by atoms with Crippen LogP contribution in [0.15, 0.2) is 59.6 Å². The third-order valence-electron chi connectivity index (χ3n) is 3.40. The first-order chi connectivity index (χ1) is 10.4. The average molecular weight is 294 g/mol. The number of aromatic nitrogens is 1. The van der Waals surface area contributed by atoms with Crippen molar-refractivity contribution in [2.75, 3.05) is 12.3 Å². The number of para-hydroxylation sites is 2. The Balaban J connectivity index is 1.75. The fraction of sp³-hybridized carbons (Fsp3) is 0.118. The van der Waals surface area contributed by atoms with E-state index < -0.39 is 0 Å². The molecule has 4 heteroatoms. The summed E-state index contributed by atoms with van der Waals surface area (Å²) in [6, 6.07) is 18.1. The Morgan fingerprint density at radius 2 is 1.95 bits per heavy atom. The molecule has 1 aromatic heterocycles. The van der Waals surface area contributed by atoms with Crippen molar-refractivity contribution < 1.29 is 4.74 Å². The molecule has 0 radical (unpaired) electrons. The van der Waals surface area contributed by atoms with Gasteiger partial charge in [0.05, 0.1) is 11.2 Å². The van der Waals surface area contributed by atoms with Crippen molar-refractivity contribution in [1.29, 1.82) is 0 Å². The van der Waals surface area contributed by atoms with E-state index in [1.54, 1.807) is 11.8 Å². The number of aromatic amines is 1. The Morgan fingerprint density at radius 3 is 2.76 bits per heavy atom. The summed E-state index contributed by atoms with van der Waals surface area (Å²) in [6.07, 6.45) is 0. The highest BCUT2D eigenvalue weighted by molar-refractivity contribution is 8.14. The van der Waals surface area contributed by atoms with Crippen LogP contribution in [-0.4, -0.2) is 22.3 Å². The van der Waals surface area contributed by atoms with E-state index in [1.165, 1.54) is 0 Å². The number of aliphatic imine (C=N–C) groups is 1. The number of nitrogens with zero attached hydrogens (tertiary/aromatic N) is 1. The molecule has 2 aromatic carbocycles. The first-order valence-corrected chi connectivity index (χ1v) is 7.91. The van der Waals surface area contributed by atoms with Gasteiger partial charge in [-0.2, -0.15) is 0 Å². The summed E-state index contributed by atoms with van der Waals surface area (Å²) in [6.45, 7) is 0.905. The molecule has 21 heavy (non-hydrogen) atoms. The van der Waals surface area contributed by atoms with Gasteiger partial charge in [-0.25, -0.2) is 0 Å². The van der Waals surface area contributed by atoms with Gasteiger partial charge < -0.3 is 9.72 Å². The second-order valence-corrected chi connectivity index (χ2v) is 5.94.